The quantitative estimate of drug-likeness (QED) is 0.651. The molecule has 0 unspecified atom stereocenters. The fourth-order valence-corrected chi connectivity index (χ4v) is 2.71. The van der Waals surface area contributed by atoms with Crippen molar-refractivity contribution in [2.24, 2.45) is 0 Å². The van der Waals surface area contributed by atoms with Crippen molar-refractivity contribution in [3.05, 3.63) is 89.5 Å². The number of carbonyl (C=O) groups is 1. The molecule has 138 valence electrons. The zero-order valence-corrected chi connectivity index (χ0v) is 15.6. The van der Waals surface area contributed by atoms with Gasteiger partial charge in [-0.05, 0) is 54.8 Å². The molecular formula is C23H23NO3. The topological polar surface area (TPSA) is 47.6 Å². The van der Waals surface area contributed by atoms with Crippen LogP contribution >= 0.6 is 0 Å². The van der Waals surface area contributed by atoms with Gasteiger partial charge in [-0.1, -0.05) is 48.5 Å². The lowest BCUT2D eigenvalue weighted by atomic mass is 10.1. The average molecular weight is 361 g/mol. The number of nitrogens with one attached hydrogen (secondary N) is 1. The second kappa shape index (κ2) is 8.90. The molecule has 0 bridgehead atoms. The minimum Gasteiger partial charge on any atom is -0.489 e. The molecule has 4 nitrogen and oxygen atoms in total. The molecule has 0 aliphatic rings. The summed E-state index contributed by atoms with van der Waals surface area (Å²) in [5.41, 5.74) is 4.02. The third-order valence-corrected chi connectivity index (χ3v) is 4.19. The third kappa shape index (κ3) is 5.35. The highest BCUT2D eigenvalue weighted by atomic mass is 16.5. The molecule has 3 rings (SSSR count). The predicted molar refractivity (Wildman–Crippen MR) is 107 cm³/mol. The highest BCUT2D eigenvalue weighted by Gasteiger charge is 2.08. The van der Waals surface area contributed by atoms with Crippen LogP contribution in [-0.4, -0.2) is 12.5 Å². The first-order chi connectivity index (χ1) is 13.1. The van der Waals surface area contributed by atoms with Crippen molar-refractivity contribution in [3.8, 4) is 11.5 Å². The van der Waals surface area contributed by atoms with Gasteiger partial charge in [-0.25, -0.2) is 0 Å². The van der Waals surface area contributed by atoms with Crippen LogP contribution in [0.1, 0.15) is 16.7 Å². The summed E-state index contributed by atoms with van der Waals surface area (Å²) in [5, 5.41) is 2.91. The number of rotatable bonds is 7. The van der Waals surface area contributed by atoms with Crippen LogP contribution in [0.3, 0.4) is 0 Å². The second-order valence-corrected chi connectivity index (χ2v) is 6.35. The zero-order valence-electron chi connectivity index (χ0n) is 15.6. The van der Waals surface area contributed by atoms with Crippen LogP contribution in [0.2, 0.25) is 0 Å². The smallest absolute Gasteiger partial charge is 0.262 e. The number of para-hydroxylation sites is 1. The number of aryl methyl sites for hydroxylation is 2. The molecule has 0 spiro atoms. The van der Waals surface area contributed by atoms with Gasteiger partial charge in [-0.3, -0.25) is 4.79 Å². The summed E-state index contributed by atoms with van der Waals surface area (Å²) in [4.78, 5) is 12.2. The van der Waals surface area contributed by atoms with Crippen molar-refractivity contribution in [1.82, 2.24) is 0 Å². The Kier molecular flexibility index (Phi) is 6.10. The van der Waals surface area contributed by atoms with Gasteiger partial charge in [0, 0.05) is 5.69 Å². The number of ether oxygens (including phenoxy) is 2. The van der Waals surface area contributed by atoms with Crippen molar-refractivity contribution in [2.45, 2.75) is 20.5 Å². The number of benzene rings is 3. The number of hydrogen-bond acceptors (Lipinski definition) is 3. The summed E-state index contributed by atoms with van der Waals surface area (Å²) in [6, 6.07) is 23.2. The van der Waals surface area contributed by atoms with E-state index in [1.807, 2.05) is 74.5 Å². The van der Waals surface area contributed by atoms with Gasteiger partial charge < -0.3 is 14.8 Å². The van der Waals surface area contributed by atoms with E-state index in [-0.39, 0.29) is 12.5 Å². The van der Waals surface area contributed by atoms with Crippen LogP contribution in [0.4, 0.5) is 5.69 Å². The van der Waals surface area contributed by atoms with E-state index in [2.05, 4.69) is 5.32 Å². The lowest BCUT2D eigenvalue weighted by Gasteiger charge is -2.12. The molecule has 0 heterocycles. The maximum absolute atomic E-state index is 12.2. The summed E-state index contributed by atoms with van der Waals surface area (Å²) < 4.78 is 11.3. The van der Waals surface area contributed by atoms with Gasteiger partial charge >= 0.3 is 0 Å². The van der Waals surface area contributed by atoms with Gasteiger partial charge in [-0.15, -0.1) is 0 Å². The Bertz CT molecular complexity index is 869. The molecule has 3 aromatic rings. The summed E-state index contributed by atoms with van der Waals surface area (Å²) in [6.45, 7) is 4.41. The first kappa shape index (κ1) is 18.5. The fraction of sp³-hybridized carbons (Fsp3) is 0.174. The van der Waals surface area contributed by atoms with Crippen LogP contribution in [0.5, 0.6) is 11.5 Å². The van der Waals surface area contributed by atoms with E-state index >= 15 is 0 Å². The molecule has 0 saturated carbocycles. The zero-order chi connectivity index (χ0) is 19.1. The van der Waals surface area contributed by atoms with Crippen LogP contribution in [0.25, 0.3) is 0 Å². The second-order valence-electron chi connectivity index (χ2n) is 6.35. The van der Waals surface area contributed by atoms with Gasteiger partial charge in [0.2, 0.25) is 0 Å². The Morgan fingerprint density at radius 2 is 1.37 bits per heavy atom. The summed E-state index contributed by atoms with van der Waals surface area (Å²) in [5.74, 6) is 1.20. The van der Waals surface area contributed by atoms with Crippen molar-refractivity contribution in [1.29, 1.82) is 0 Å². The summed E-state index contributed by atoms with van der Waals surface area (Å²) >= 11 is 0. The van der Waals surface area contributed by atoms with Gasteiger partial charge in [0.25, 0.3) is 5.91 Å². The molecule has 27 heavy (non-hydrogen) atoms. The standard InChI is InChI=1S/C23H23NO3/c1-17-7-6-8-18(2)23(17)24-22(25)16-27-21-13-11-20(12-14-21)26-15-19-9-4-3-5-10-19/h3-14H,15-16H2,1-2H3,(H,24,25). The van der Waals surface area contributed by atoms with E-state index in [1.165, 1.54) is 0 Å². The van der Waals surface area contributed by atoms with Crippen LogP contribution in [0.15, 0.2) is 72.8 Å². The highest BCUT2D eigenvalue weighted by molar-refractivity contribution is 5.93. The van der Waals surface area contributed by atoms with E-state index in [4.69, 9.17) is 9.47 Å². The van der Waals surface area contributed by atoms with Crippen molar-refractivity contribution >= 4 is 11.6 Å². The van der Waals surface area contributed by atoms with Crippen LogP contribution in [-0.2, 0) is 11.4 Å². The number of amides is 1. The average Bonchev–Trinajstić information content (AvgIpc) is 2.69. The molecule has 0 atom stereocenters. The Balaban J connectivity index is 1.49. The molecule has 3 aromatic carbocycles. The van der Waals surface area contributed by atoms with Gasteiger partial charge in [0.15, 0.2) is 6.61 Å². The Hall–Kier alpha value is -3.27. The summed E-state index contributed by atoms with van der Waals surface area (Å²) in [7, 11) is 0. The first-order valence-corrected chi connectivity index (χ1v) is 8.87. The molecular weight excluding hydrogens is 338 g/mol. The minimum absolute atomic E-state index is 0.0437. The molecule has 0 fully saturated rings. The van der Waals surface area contributed by atoms with E-state index < -0.39 is 0 Å². The fourth-order valence-electron chi connectivity index (χ4n) is 2.71. The molecule has 1 amide bonds. The Morgan fingerprint density at radius 3 is 2.00 bits per heavy atom. The monoisotopic (exact) mass is 361 g/mol. The highest BCUT2D eigenvalue weighted by Crippen LogP contribution is 2.20. The maximum atomic E-state index is 12.2. The third-order valence-electron chi connectivity index (χ3n) is 4.19. The van der Waals surface area contributed by atoms with Gasteiger partial charge in [-0.2, -0.15) is 0 Å². The Labute approximate surface area is 159 Å². The molecule has 1 N–H and O–H groups in total. The number of carbonyl (C=O) groups excluding carboxylic acids is 1. The van der Waals surface area contributed by atoms with Crippen LogP contribution in [0, 0.1) is 13.8 Å². The van der Waals surface area contributed by atoms with E-state index in [1.54, 1.807) is 12.1 Å². The molecule has 0 saturated heterocycles. The SMILES string of the molecule is Cc1cccc(C)c1NC(=O)COc1ccc(OCc2ccccc2)cc1. The first-order valence-electron chi connectivity index (χ1n) is 8.87. The molecule has 0 radical (unpaired) electrons. The molecule has 4 heteroatoms. The summed E-state index contributed by atoms with van der Waals surface area (Å²) in [6.07, 6.45) is 0. The molecule has 0 aromatic heterocycles. The predicted octanol–water partition coefficient (Wildman–Crippen LogP) is 4.90. The maximum Gasteiger partial charge on any atom is 0.262 e. The largest absolute Gasteiger partial charge is 0.489 e. The van der Waals surface area contributed by atoms with Crippen molar-refractivity contribution in [3.63, 3.8) is 0 Å². The minimum atomic E-state index is -0.184. The normalized spacial score (nSPS) is 10.3. The number of hydrogen-bond donors (Lipinski definition) is 1. The lowest BCUT2D eigenvalue weighted by molar-refractivity contribution is -0.118. The Morgan fingerprint density at radius 1 is 0.778 bits per heavy atom. The van der Waals surface area contributed by atoms with Crippen molar-refractivity contribution < 1.29 is 14.3 Å². The van der Waals surface area contributed by atoms with Gasteiger partial charge in [0.05, 0.1) is 0 Å². The van der Waals surface area contributed by atoms with Gasteiger partial charge in [0.1, 0.15) is 18.1 Å². The van der Waals surface area contributed by atoms with E-state index in [0.29, 0.717) is 12.4 Å². The van der Waals surface area contributed by atoms with E-state index in [0.717, 1.165) is 28.1 Å². The molecule has 0 aliphatic carbocycles. The van der Waals surface area contributed by atoms with Crippen LogP contribution < -0.4 is 14.8 Å². The number of anilines is 1. The van der Waals surface area contributed by atoms with E-state index in [9.17, 15) is 4.79 Å². The molecule has 0 aliphatic heterocycles. The lowest BCUT2D eigenvalue weighted by Crippen LogP contribution is -2.21. The van der Waals surface area contributed by atoms with Crippen molar-refractivity contribution in [2.75, 3.05) is 11.9 Å².